The second-order valence-corrected chi connectivity index (χ2v) is 5.66. The smallest absolute Gasteiger partial charge is 0.339 e. The highest BCUT2D eigenvalue weighted by atomic mass is 19.4. The van der Waals surface area contributed by atoms with Gasteiger partial charge in [-0.1, -0.05) is 5.16 Å². The summed E-state index contributed by atoms with van der Waals surface area (Å²) in [7, 11) is 0. The Labute approximate surface area is 134 Å². The third kappa shape index (κ3) is 2.55. The molecule has 1 atom stereocenters. The van der Waals surface area contributed by atoms with E-state index in [-0.39, 0.29) is 17.9 Å². The molecule has 0 bridgehead atoms. The first-order chi connectivity index (χ1) is 11.5. The maximum atomic E-state index is 13.0. The highest BCUT2D eigenvalue weighted by Crippen LogP contribution is 2.38. The first-order valence-corrected chi connectivity index (χ1v) is 7.39. The minimum atomic E-state index is -4.47. The average molecular weight is 335 g/mol. The van der Waals surface area contributed by atoms with E-state index in [2.05, 4.69) is 25.3 Å². The maximum absolute atomic E-state index is 13.0. The average Bonchev–Trinajstić information content (AvgIpc) is 3.21. The van der Waals surface area contributed by atoms with Gasteiger partial charge < -0.3 is 4.52 Å². The lowest BCUT2D eigenvalue weighted by molar-refractivity contribution is -0.141. The number of fused-ring (bicyclic) bond motifs is 1. The van der Waals surface area contributed by atoms with Crippen LogP contribution < -0.4 is 0 Å². The van der Waals surface area contributed by atoms with Gasteiger partial charge in [-0.05, 0) is 31.4 Å². The van der Waals surface area contributed by atoms with Gasteiger partial charge in [0, 0.05) is 35.1 Å². The van der Waals surface area contributed by atoms with Crippen molar-refractivity contribution < 1.29 is 17.7 Å². The first-order valence-electron chi connectivity index (χ1n) is 7.39. The summed E-state index contributed by atoms with van der Waals surface area (Å²) in [6.45, 7) is 0. The number of aromatic amines is 1. The Hall–Kier alpha value is -2.71. The van der Waals surface area contributed by atoms with Crippen LogP contribution in [0.25, 0.3) is 11.4 Å². The molecule has 0 aliphatic heterocycles. The normalized spacial score (nSPS) is 17.7. The fraction of sp³-hybridized carbons (Fsp3) is 0.333. The number of hydrogen-bond donors (Lipinski definition) is 1. The number of pyridine rings is 1. The Morgan fingerprint density at radius 3 is 2.92 bits per heavy atom. The van der Waals surface area contributed by atoms with E-state index in [1.165, 1.54) is 0 Å². The van der Waals surface area contributed by atoms with Crippen LogP contribution in [0.3, 0.4) is 0 Å². The Kier molecular flexibility index (Phi) is 3.36. The van der Waals surface area contributed by atoms with Crippen molar-refractivity contribution in [1.82, 2.24) is 25.3 Å². The molecule has 3 aromatic rings. The van der Waals surface area contributed by atoms with E-state index >= 15 is 0 Å². The molecule has 0 saturated carbocycles. The van der Waals surface area contributed by atoms with Crippen molar-refractivity contribution in [2.75, 3.05) is 0 Å². The van der Waals surface area contributed by atoms with Crippen LogP contribution in [0.15, 0.2) is 29.0 Å². The molecule has 6 nitrogen and oxygen atoms in total. The molecule has 0 fully saturated rings. The number of nitrogens with zero attached hydrogens (tertiary/aromatic N) is 4. The van der Waals surface area contributed by atoms with Crippen LogP contribution in [-0.4, -0.2) is 25.3 Å². The van der Waals surface area contributed by atoms with E-state index < -0.39 is 11.9 Å². The molecule has 1 N–H and O–H groups in total. The van der Waals surface area contributed by atoms with Crippen LogP contribution >= 0.6 is 0 Å². The maximum Gasteiger partial charge on any atom is 0.435 e. The van der Waals surface area contributed by atoms with Gasteiger partial charge in [0.1, 0.15) is 0 Å². The Morgan fingerprint density at radius 1 is 1.29 bits per heavy atom. The molecule has 0 radical (unpaired) electrons. The summed E-state index contributed by atoms with van der Waals surface area (Å²) in [5.74, 6) is 0.468. The zero-order valence-corrected chi connectivity index (χ0v) is 12.3. The highest BCUT2D eigenvalue weighted by Gasteiger charge is 2.40. The molecule has 0 aromatic carbocycles. The van der Waals surface area contributed by atoms with E-state index in [1.807, 2.05) is 0 Å². The third-order valence-electron chi connectivity index (χ3n) is 4.13. The quantitative estimate of drug-likeness (QED) is 0.778. The van der Waals surface area contributed by atoms with Crippen LogP contribution in [-0.2, 0) is 19.0 Å². The monoisotopic (exact) mass is 335 g/mol. The van der Waals surface area contributed by atoms with Gasteiger partial charge >= 0.3 is 6.18 Å². The van der Waals surface area contributed by atoms with E-state index in [1.54, 1.807) is 24.5 Å². The van der Waals surface area contributed by atoms with Crippen LogP contribution in [0.2, 0.25) is 0 Å². The van der Waals surface area contributed by atoms with E-state index in [9.17, 15) is 13.2 Å². The molecular formula is C15H12F3N5O. The summed E-state index contributed by atoms with van der Waals surface area (Å²) in [5.41, 5.74) is 0.572. The standard InChI is InChI=1S/C15H12F3N5O/c16-15(17,18)12-10-6-8(3-4-11(10)21-22-12)14-20-13(23-24-14)9-2-1-5-19-7-9/h1-2,5,7-8H,3-4,6H2,(H,21,22). The Bertz CT molecular complexity index is 856. The van der Waals surface area contributed by atoms with E-state index in [0.29, 0.717) is 35.8 Å². The van der Waals surface area contributed by atoms with Crippen LogP contribution in [0.4, 0.5) is 13.2 Å². The molecule has 0 saturated heterocycles. The molecular weight excluding hydrogens is 323 g/mol. The molecule has 1 aliphatic carbocycles. The van der Waals surface area contributed by atoms with Crippen molar-refractivity contribution in [3.05, 3.63) is 47.4 Å². The summed E-state index contributed by atoms with van der Waals surface area (Å²) in [4.78, 5) is 8.31. The fourth-order valence-corrected chi connectivity index (χ4v) is 2.95. The molecule has 1 unspecified atom stereocenters. The first kappa shape index (κ1) is 14.9. The van der Waals surface area contributed by atoms with Crippen molar-refractivity contribution in [2.24, 2.45) is 0 Å². The molecule has 3 aromatic heterocycles. The largest absolute Gasteiger partial charge is 0.435 e. The van der Waals surface area contributed by atoms with Crippen molar-refractivity contribution in [3.63, 3.8) is 0 Å². The van der Waals surface area contributed by atoms with Gasteiger partial charge in [0.2, 0.25) is 11.7 Å². The van der Waals surface area contributed by atoms with Crippen LogP contribution in [0.1, 0.15) is 35.2 Å². The highest BCUT2D eigenvalue weighted by molar-refractivity contribution is 5.52. The lowest BCUT2D eigenvalue weighted by Gasteiger charge is -2.19. The van der Waals surface area contributed by atoms with Crippen molar-refractivity contribution in [2.45, 2.75) is 31.4 Å². The summed E-state index contributed by atoms with van der Waals surface area (Å²) in [5, 5.41) is 9.82. The van der Waals surface area contributed by atoms with Gasteiger partial charge in [0.05, 0.1) is 0 Å². The molecule has 0 spiro atoms. The van der Waals surface area contributed by atoms with Crippen LogP contribution in [0.5, 0.6) is 0 Å². The lowest BCUT2D eigenvalue weighted by atomic mass is 9.86. The topological polar surface area (TPSA) is 80.5 Å². The summed E-state index contributed by atoms with van der Waals surface area (Å²) in [6, 6.07) is 3.54. The van der Waals surface area contributed by atoms with E-state index in [4.69, 9.17) is 4.52 Å². The van der Waals surface area contributed by atoms with E-state index in [0.717, 1.165) is 0 Å². The number of H-pyrrole nitrogens is 1. The number of aryl methyl sites for hydroxylation is 1. The van der Waals surface area contributed by atoms with Gasteiger partial charge in [0.15, 0.2) is 5.69 Å². The Morgan fingerprint density at radius 2 is 2.17 bits per heavy atom. The van der Waals surface area contributed by atoms with Crippen molar-refractivity contribution in [1.29, 1.82) is 0 Å². The van der Waals surface area contributed by atoms with Crippen molar-refractivity contribution in [3.8, 4) is 11.4 Å². The number of aromatic nitrogens is 5. The van der Waals surface area contributed by atoms with Crippen LogP contribution in [0, 0.1) is 0 Å². The zero-order valence-electron chi connectivity index (χ0n) is 12.3. The molecule has 124 valence electrons. The Balaban J connectivity index is 1.61. The number of nitrogens with one attached hydrogen (secondary N) is 1. The lowest BCUT2D eigenvalue weighted by Crippen LogP contribution is -2.16. The predicted molar refractivity (Wildman–Crippen MR) is 75.9 cm³/mol. The minimum absolute atomic E-state index is 0.176. The predicted octanol–water partition coefficient (Wildman–Crippen LogP) is 3.15. The molecule has 24 heavy (non-hydrogen) atoms. The summed E-state index contributed by atoms with van der Waals surface area (Å²) < 4.78 is 44.3. The second-order valence-electron chi connectivity index (χ2n) is 5.66. The zero-order chi connectivity index (χ0) is 16.7. The molecule has 0 amide bonds. The summed E-state index contributed by atoms with van der Waals surface area (Å²) in [6.07, 6.45) is 0.0298. The van der Waals surface area contributed by atoms with Gasteiger partial charge in [-0.3, -0.25) is 10.1 Å². The summed E-state index contributed by atoms with van der Waals surface area (Å²) >= 11 is 0. The number of hydrogen-bond acceptors (Lipinski definition) is 5. The van der Waals surface area contributed by atoms with Gasteiger partial charge in [0.25, 0.3) is 0 Å². The number of alkyl halides is 3. The van der Waals surface area contributed by atoms with Gasteiger partial charge in [-0.25, -0.2) is 0 Å². The SMILES string of the molecule is FC(F)(F)c1n[nH]c2c1CC(c1nc(-c3cccnc3)no1)CC2. The third-order valence-corrected chi connectivity index (χ3v) is 4.13. The molecule has 9 heteroatoms. The number of rotatable bonds is 2. The molecule has 4 rings (SSSR count). The fourth-order valence-electron chi connectivity index (χ4n) is 2.95. The number of halogens is 3. The van der Waals surface area contributed by atoms with Crippen molar-refractivity contribution >= 4 is 0 Å². The van der Waals surface area contributed by atoms with Gasteiger partial charge in [-0.15, -0.1) is 0 Å². The minimum Gasteiger partial charge on any atom is -0.339 e. The second kappa shape index (κ2) is 5.43. The molecule has 1 aliphatic rings. The van der Waals surface area contributed by atoms with Gasteiger partial charge in [-0.2, -0.15) is 23.3 Å². The molecule has 3 heterocycles.